The second kappa shape index (κ2) is 9.32. The number of benzene rings is 2. The number of hydrogen-bond donors (Lipinski definition) is 2. The van der Waals surface area contributed by atoms with Crippen LogP contribution in [0.25, 0.3) is 5.70 Å². The molecule has 2 heterocycles. The molecule has 2 aromatic rings. The Hall–Kier alpha value is -2.52. The van der Waals surface area contributed by atoms with Crippen LogP contribution in [0.2, 0.25) is 0 Å². The normalized spacial score (nSPS) is 17.3. The lowest BCUT2D eigenvalue weighted by atomic mass is 10.1. The van der Waals surface area contributed by atoms with E-state index in [1.54, 1.807) is 17.1 Å². The summed E-state index contributed by atoms with van der Waals surface area (Å²) >= 11 is 4.93. The van der Waals surface area contributed by atoms with Crippen LogP contribution >= 0.6 is 27.7 Å². The average molecular weight is 503 g/mol. The molecule has 0 aliphatic carbocycles. The number of phenolic OH excluding ortho intramolecular Hbond substituents is 1. The first kappa shape index (κ1) is 21.7. The Kier molecular flexibility index (Phi) is 6.52. The summed E-state index contributed by atoms with van der Waals surface area (Å²) in [6, 6.07) is 11.1. The standard InChI is InChI=1S/C22H23BrN4O3S/c1-3-5-10-31-22-25-21(29)18-14-8-6-7-9-16(14)24-20(27(18)26-22)13-11-15(23)19(28)17(12-13)30-4-2/h6-9,11-12,20,28H,3-5,10H2,1-2H3,(H,25,26,29). The van der Waals surface area contributed by atoms with Crippen molar-refractivity contribution in [2.75, 3.05) is 12.4 Å². The van der Waals surface area contributed by atoms with Gasteiger partial charge in [0.25, 0.3) is 5.91 Å². The van der Waals surface area contributed by atoms with Crippen molar-refractivity contribution >= 4 is 44.5 Å². The number of para-hydroxylation sites is 1. The Balaban J connectivity index is 1.86. The molecular weight excluding hydrogens is 480 g/mol. The summed E-state index contributed by atoms with van der Waals surface area (Å²) in [5.41, 5.74) is 1.20. The van der Waals surface area contributed by atoms with Crippen LogP contribution in [-0.2, 0) is 4.79 Å². The van der Waals surface area contributed by atoms with Crippen molar-refractivity contribution in [3.05, 3.63) is 57.0 Å². The Morgan fingerprint density at radius 1 is 1.29 bits per heavy atom. The van der Waals surface area contributed by atoms with Gasteiger partial charge in [-0.3, -0.25) is 15.1 Å². The molecule has 0 saturated heterocycles. The number of nitrogens with one attached hydrogen (secondary N) is 1. The fourth-order valence-corrected chi connectivity index (χ4v) is 4.83. The zero-order valence-electron chi connectivity index (χ0n) is 17.3. The molecule has 0 bridgehead atoms. The van der Waals surface area contributed by atoms with Crippen molar-refractivity contribution in [1.82, 2.24) is 10.3 Å². The minimum atomic E-state index is -0.575. The first-order valence-electron chi connectivity index (χ1n) is 10.2. The minimum Gasteiger partial charge on any atom is -0.503 e. The minimum absolute atomic E-state index is 0.0294. The van der Waals surface area contributed by atoms with Crippen LogP contribution < -0.4 is 20.6 Å². The fraction of sp³-hybridized carbons (Fsp3) is 0.318. The number of rotatable bonds is 6. The van der Waals surface area contributed by atoms with Crippen LogP contribution in [-0.4, -0.2) is 33.6 Å². The van der Waals surface area contributed by atoms with Crippen molar-refractivity contribution in [1.29, 1.82) is 0 Å². The smallest absolute Gasteiger partial charge is 0.276 e. The van der Waals surface area contributed by atoms with E-state index in [9.17, 15) is 9.90 Å². The average Bonchev–Trinajstić information content (AvgIpc) is 2.76. The van der Waals surface area contributed by atoms with Gasteiger partial charge in [0, 0.05) is 16.5 Å². The molecule has 1 atom stereocenters. The largest absolute Gasteiger partial charge is 0.503 e. The molecule has 0 saturated carbocycles. The summed E-state index contributed by atoms with van der Waals surface area (Å²) in [6.07, 6.45) is 1.53. The molecule has 0 fully saturated rings. The summed E-state index contributed by atoms with van der Waals surface area (Å²) in [5, 5.41) is 21.7. The Bertz CT molecular complexity index is 1170. The fourth-order valence-electron chi connectivity index (χ4n) is 3.43. The van der Waals surface area contributed by atoms with Crippen molar-refractivity contribution < 1.29 is 14.6 Å². The van der Waals surface area contributed by atoms with E-state index in [4.69, 9.17) is 14.8 Å². The van der Waals surface area contributed by atoms with Gasteiger partial charge in [-0.1, -0.05) is 43.3 Å². The number of unbranched alkanes of at least 4 members (excludes halogenated alkanes) is 1. The highest BCUT2D eigenvalue weighted by molar-refractivity contribution is 9.10. The van der Waals surface area contributed by atoms with Gasteiger partial charge in [-0.05, 0) is 47.5 Å². The summed E-state index contributed by atoms with van der Waals surface area (Å²) < 4.78 is 6.09. The molecule has 4 rings (SSSR count). The van der Waals surface area contributed by atoms with Gasteiger partial charge in [0.15, 0.2) is 22.8 Å². The number of carbonyl (C=O) groups is 1. The van der Waals surface area contributed by atoms with Gasteiger partial charge in [0.05, 0.1) is 16.4 Å². The predicted molar refractivity (Wildman–Crippen MR) is 125 cm³/mol. The molecule has 1 amide bonds. The monoisotopic (exact) mass is 502 g/mol. The predicted octanol–water partition coefficient (Wildman–Crippen LogP) is 3.23. The summed E-state index contributed by atoms with van der Waals surface area (Å²) in [4.78, 5) is 18.0. The van der Waals surface area contributed by atoms with E-state index in [-0.39, 0.29) is 11.7 Å². The number of carbonyl (C=O) groups excluding carboxylic acids is 1. The van der Waals surface area contributed by atoms with Crippen molar-refractivity contribution in [3.8, 4) is 11.5 Å². The maximum atomic E-state index is 13.1. The molecule has 7 nitrogen and oxygen atoms in total. The third-order valence-corrected chi connectivity index (χ3v) is 6.46. The number of halogens is 1. The van der Waals surface area contributed by atoms with E-state index in [1.165, 1.54) is 11.8 Å². The Morgan fingerprint density at radius 2 is 2.10 bits per heavy atom. The lowest BCUT2D eigenvalue weighted by molar-refractivity contribution is -0.116. The summed E-state index contributed by atoms with van der Waals surface area (Å²) in [6.45, 7) is 4.39. The first-order valence-corrected chi connectivity index (χ1v) is 12.0. The Morgan fingerprint density at radius 3 is 2.87 bits per heavy atom. The second-order valence-corrected chi connectivity index (χ2v) is 8.99. The maximum absolute atomic E-state index is 13.1. The SMILES string of the molecule is CCCCSC1=NN2C(=c3ccccc3=NC2c2cc(Br)c(O)c(OCC)c2)C(=O)N1. The topological polar surface area (TPSA) is 86.5 Å². The summed E-state index contributed by atoms with van der Waals surface area (Å²) in [5.74, 6) is 1.05. The van der Waals surface area contributed by atoms with Gasteiger partial charge in [-0.2, -0.15) is 0 Å². The van der Waals surface area contributed by atoms with E-state index in [0.29, 0.717) is 33.1 Å². The van der Waals surface area contributed by atoms with E-state index < -0.39 is 6.17 Å². The molecule has 31 heavy (non-hydrogen) atoms. The molecule has 9 heteroatoms. The van der Waals surface area contributed by atoms with Crippen LogP contribution in [0.15, 0.2) is 51.0 Å². The van der Waals surface area contributed by atoms with E-state index >= 15 is 0 Å². The molecule has 162 valence electrons. The number of ether oxygens (including phenoxy) is 1. The molecular formula is C22H23BrN4O3S. The van der Waals surface area contributed by atoms with Gasteiger partial charge in [-0.15, -0.1) is 5.10 Å². The third-order valence-electron chi connectivity index (χ3n) is 4.90. The molecule has 2 aliphatic heterocycles. The molecule has 0 spiro atoms. The number of nitrogens with zero attached hydrogens (tertiary/aromatic N) is 3. The van der Waals surface area contributed by atoms with E-state index in [2.05, 4.69) is 28.2 Å². The zero-order valence-corrected chi connectivity index (χ0v) is 19.7. The number of amidine groups is 1. The molecule has 2 aliphatic rings. The Labute approximate surface area is 193 Å². The van der Waals surface area contributed by atoms with E-state index in [0.717, 1.165) is 29.4 Å². The highest BCUT2D eigenvalue weighted by Crippen LogP contribution is 2.40. The van der Waals surface area contributed by atoms with Crippen LogP contribution in [0, 0.1) is 0 Å². The lowest BCUT2D eigenvalue weighted by Gasteiger charge is -2.34. The highest BCUT2D eigenvalue weighted by Gasteiger charge is 2.35. The maximum Gasteiger partial charge on any atom is 0.276 e. The molecule has 2 N–H and O–H groups in total. The third kappa shape index (κ3) is 4.29. The van der Waals surface area contributed by atoms with Crippen molar-refractivity contribution in [2.45, 2.75) is 32.9 Å². The van der Waals surface area contributed by atoms with Gasteiger partial charge in [0.1, 0.15) is 5.70 Å². The number of phenols is 1. The number of amides is 1. The van der Waals surface area contributed by atoms with Crippen molar-refractivity contribution in [2.24, 2.45) is 10.1 Å². The van der Waals surface area contributed by atoms with E-state index in [1.807, 2.05) is 31.2 Å². The molecule has 2 aromatic carbocycles. The summed E-state index contributed by atoms with van der Waals surface area (Å²) in [7, 11) is 0. The van der Waals surface area contributed by atoms with Crippen LogP contribution in [0.4, 0.5) is 0 Å². The molecule has 0 aromatic heterocycles. The number of fused-ring (bicyclic) bond motifs is 2. The van der Waals surface area contributed by atoms with Gasteiger partial charge in [-0.25, -0.2) is 5.01 Å². The van der Waals surface area contributed by atoms with Crippen LogP contribution in [0.5, 0.6) is 11.5 Å². The number of aromatic hydroxyl groups is 1. The second-order valence-electron chi connectivity index (χ2n) is 7.06. The first-order chi connectivity index (χ1) is 15.0. The lowest BCUT2D eigenvalue weighted by Crippen LogP contribution is -2.50. The molecule has 0 radical (unpaired) electrons. The van der Waals surface area contributed by atoms with Crippen molar-refractivity contribution in [3.63, 3.8) is 0 Å². The zero-order chi connectivity index (χ0) is 22.0. The number of hydrogen-bond acceptors (Lipinski definition) is 7. The van der Waals surface area contributed by atoms with Crippen LogP contribution in [0.1, 0.15) is 38.4 Å². The van der Waals surface area contributed by atoms with Gasteiger partial charge < -0.3 is 9.84 Å². The van der Waals surface area contributed by atoms with Crippen LogP contribution in [0.3, 0.4) is 0 Å². The molecule has 1 unspecified atom stereocenters. The highest BCUT2D eigenvalue weighted by atomic mass is 79.9. The van der Waals surface area contributed by atoms with Gasteiger partial charge >= 0.3 is 0 Å². The quantitative estimate of drug-likeness (QED) is 0.592. The van der Waals surface area contributed by atoms with Gasteiger partial charge in [0.2, 0.25) is 0 Å². The number of hydrazone groups is 1. The number of thioether (sulfide) groups is 1.